The van der Waals surface area contributed by atoms with Crippen molar-refractivity contribution in [3.05, 3.63) is 39.7 Å². The van der Waals surface area contributed by atoms with Crippen LogP contribution in [0, 0.1) is 3.77 Å². The number of alkyl halides is 1. The smallest absolute Gasteiger partial charge is 0.228 e. The molecule has 1 aliphatic heterocycles. The second-order valence-corrected chi connectivity index (χ2v) is 5.04. The van der Waals surface area contributed by atoms with Crippen LogP contribution in [0.4, 0.5) is 5.88 Å². The average Bonchev–Trinajstić information content (AvgIpc) is 2.68. The fourth-order valence-electron chi connectivity index (χ4n) is 1.85. The van der Waals surface area contributed by atoms with Gasteiger partial charge in [0.25, 0.3) is 0 Å². The minimum absolute atomic E-state index is 0.301. The molecule has 0 bridgehead atoms. The average molecular weight is 359 g/mol. The predicted molar refractivity (Wildman–Crippen MR) is 76.7 cm³/mol. The zero-order valence-corrected chi connectivity index (χ0v) is 11.6. The van der Waals surface area contributed by atoms with E-state index in [9.17, 15) is 0 Å². The first-order valence-corrected chi connectivity index (χ1v) is 6.59. The molecule has 1 aromatic heterocycles. The van der Waals surface area contributed by atoms with Crippen molar-refractivity contribution in [2.75, 3.05) is 0 Å². The van der Waals surface area contributed by atoms with Gasteiger partial charge in [-0.25, -0.2) is 4.99 Å². The monoisotopic (exact) mass is 358 g/mol. The van der Waals surface area contributed by atoms with Crippen LogP contribution in [0.25, 0.3) is 11.1 Å². The zero-order chi connectivity index (χ0) is 11.8. The minimum Gasteiger partial charge on any atom is -0.432 e. The number of fused-ring (bicyclic) bond motifs is 1. The summed E-state index contributed by atoms with van der Waals surface area (Å²) in [6.45, 7) is 0. The molecule has 0 spiro atoms. The summed E-state index contributed by atoms with van der Waals surface area (Å²) < 4.78 is 6.44. The molecule has 1 aliphatic rings. The lowest BCUT2D eigenvalue weighted by atomic mass is 10.0. The van der Waals surface area contributed by atoms with Crippen LogP contribution in [-0.4, -0.2) is 6.34 Å². The molecule has 1 N–H and O–H groups in total. The molecular formula is C12H8ClIN2O. The summed E-state index contributed by atoms with van der Waals surface area (Å²) in [4.78, 5) is 4.16. The molecule has 0 saturated carbocycles. The van der Waals surface area contributed by atoms with Crippen molar-refractivity contribution in [3.8, 4) is 11.1 Å². The highest BCUT2D eigenvalue weighted by molar-refractivity contribution is 14.1. The van der Waals surface area contributed by atoms with Crippen LogP contribution in [0.5, 0.6) is 0 Å². The second kappa shape index (κ2) is 4.34. The normalized spacial score (nSPS) is 17.6. The number of hydrogen-bond acceptors (Lipinski definition) is 3. The number of hydrogen-bond donors (Lipinski definition) is 1. The molecule has 0 saturated heterocycles. The molecule has 0 fully saturated rings. The van der Waals surface area contributed by atoms with Gasteiger partial charge in [-0.1, -0.05) is 41.9 Å². The number of nitrogens with one attached hydrogen (secondary N) is 1. The Morgan fingerprint density at radius 2 is 2.06 bits per heavy atom. The van der Waals surface area contributed by atoms with Gasteiger partial charge >= 0.3 is 0 Å². The van der Waals surface area contributed by atoms with E-state index in [1.165, 1.54) is 0 Å². The molecule has 2 heterocycles. The topological polar surface area (TPSA) is 37.5 Å². The van der Waals surface area contributed by atoms with Crippen molar-refractivity contribution in [2.24, 2.45) is 4.99 Å². The van der Waals surface area contributed by atoms with E-state index in [0.29, 0.717) is 5.88 Å². The Morgan fingerprint density at radius 1 is 1.29 bits per heavy atom. The van der Waals surface area contributed by atoms with Crippen molar-refractivity contribution in [3.63, 3.8) is 0 Å². The Hall–Kier alpha value is -1.01. The van der Waals surface area contributed by atoms with Gasteiger partial charge in [0.15, 0.2) is 3.77 Å². The third-order valence-electron chi connectivity index (χ3n) is 2.60. The van der Waals surface area contributed by atoms with Crippen molar-refractivity contribution in [1.29, 1.82) is 0 Å². The summed E-state index contributed by atoms with van der Waals surface area (Å²) in [6, 6.07) is 10.0. The quantitative estimate of drug-likeness (QED) is 0.474. The maximum absolute atomic E-state index is 6.25. The molecule has 1 aromatic carbocycles. The molecule has 2 aromatic rings. The lowest BCUT2D eigenvalue weighted by Gasteiger charge is -2.14. The van der Waals surface area contributed by atoms with E-state index in [0.717, 1.165) is 20.5 Å². The van der Waals surface area contributed by atoms with E-state index in [-0.39, 0.29) is 5.50 Å². The van der Waals surface area contributed by atoms with E-state index in [1.807, 2.05) is 30.3 Å². The first-order valence-electron chi connectivity index (χ1n) is 5.07. The minimum atomic E-state index is -0.301. The van der Waals surface area contributed by atoms with E-state index in [2.05, 4.69) is 32.9 Å². The van der Waals surface area contributed by atoms with Crippen LogP contribution < -0.4 is 5.32 Å². The van der Waals surface area contributed by atoms with Crippen LogP contribution in [0.15, 0.2) is 39.7 Å². The zero-order valence-electron chi connectivity index (χ0n) is 8.65. The van der Waals surface area contributed by atoms with Crippen LogP contribution in [0.1, 0.15) is 11.1 Å². The third kappa shape index (κ3) is 1.85. The van der Waals surface area contributed by atoms with Gasteiger partial charge in [0.2, 0.25) is 5.88 Å². The predicted octanol–water partition coefficient (Wildman–Crippen LogP) is 4.05. The molecule has 3 rings (SSSR count). The SMILES string of the molecule is ClC1NC=Nc2oc(I)c(-c3ccccc3)c21. The Kier molecular flexibility index (Phi) is 2.84. The molecule has 1 atom stereocenters. The van der Waals surface area contributed by atoms with Gasteiger partial charge in [-0.15, -0.1) is 0 Å². The van der Waals surface area contributed by atoms with Crippen molar-refractivity contribution in [1.82, 2.24) is 5.32 Å². The number of furan rings is 1. The molecule has 17 heavy (non-hydrogen) atoms. The lowest BCUT2D eigenvalue weighted by molar-refractivity contribution is 0.544. The molecule has 1 unspecified atom stereocenters. The Balaban J connectivity index is 2.24. The molecule has 5 heteroatoms. The van der Waals surface area contributed by atoms with Gasteiger partial charge < -0.3 is 9.73 Å². The van der Waals surface area contributed by atoms with Gasteiger partial charge in [-0.05, 0) is 5.56 Å². The first-order chi connectivity index (χ1) is 8.27. The molecule has 0 aliphatic carbocycles. The van der Waals surface area contributed by atoms with Gasteiger partial charge in [0.05, 0.1) is 11.9 Å². The van der Waals surface area contributed by atoms with Crippen LogP contribution in [0.3, 0.4) is 0 Å². The number of benzene rings is 1. The summed E-state index contributed by atoms with van der Waals surface area (Å²) in [7, 11) is 0. The van der Waals surface area contributed by atoms with Gasteiger partial charge in [-0.3, -0.25) is 0 Å². The first kappa shape index (κ1) is 11.1. The van der Waals surface area contributed by atoms with Crippen LogP contribution >= 0.6 is 34.2 Å². The number of rotatable bonds is 1. The highest BCUT2D eigenvalue weighted by Gasteiger charge is 2.27. The maximum atomic E-state index is 6.25. The summed E-state index contributed by atoms with van der Waals surface area (Å²) in [6.07, 6.45) is 1.56. The van der Waals surface area contributed by atoms with Gasteiger partial charge in [0.1, 0.15) is 5.50 Å². The molecular weight excluding hydrogens is 351 g/mol. The van der Waals surface area contributed by atoms with E-state index in [4.69, 9.17) is 16.0 Å². The highest BCUT2D eigenvalue weighted by atomic mass is 127. The largest absolute Gasteiger partial charge is 0.432 e. The Labute approximate surface area is 117 Å². The Bertz CT molecular complexity index is 580. The number of halogens is 2. The van der Waals surface area contributed by atoms with E-state index >= 15 is 0 Å². The number of nitrogens with zero attached hydrogens (tertiary/aromatic N) is 1. The Morgan fingerprint density at radius 3 is 2.82 bits per heavy atom. The third-order valence-corrected chi connectivity index (χ3v) is 3.70. The van der Waals surface area contributed by atoms with Gasteiger partial charge in [-0.2, -0.15) is 0 Å². The van der Waals surface area contributed by atoms with E-state index in [1.54, 1.807) is 6.34 Å². The van der Waals surface area contributed by atoms with Crippen LogP contribution in [-0.2, 0) is 0 Å². The fourth-order valence-corrected chi connectivity index (χ4v) is 2.92. The summed E-state index contributed by atoms with van der Waals surface area (Å²) in [5.74, 6) is 0.590. The summed E-state index contributed by atoms with van der Waals surface area (Å²) in [5.41, 5.74) is 2.71. The van der Waals surface area contributed by atoms with Crippen molar-refractivity contribution < 1.29 is 4.42 Å². The molecule has 86 valence electrons. The standard InChI is InChI=1S/C12H8ClIN2O/c13-10-9-8(7-4-2-1-3-5-7)11(14)17-12(9)16-6-15-10/h1-6,10H,(H,15,16). The van der Waals surface area contributed by atoms with Crippen molar-refractivity contribution in [2.45, 2.75) is 5.50 Å². The summed E-state index contributed by atoms with van der Waals surface area (Å²) >= 11 is 8.42. The lowest BCUT2D eigenvalue weighted by Crippen LogP contribution is -2.17. The molecule has 0 radical (unpaired) electrons. The van der Waals surface area contributed by atoms with Crippen LogP contribution in [0.2, 0.25) is 0 Å². The van der Waals surface area contributed by atoms with Crippen molar-refractivity contribution >= 4 is 46.4 Å². The number of aliphatic imine (C=N–C) groups is 1. The fraction of sp³-hybridized carbons (Fsp3) is 0.0833. The second-order valence-electron chi connectivity index (χ2n) is 3.62. The molecule has 3 nitrogen and oxygen atoms in total. The maximum Gasteiger partial charge on any atom is 0.228 e. The summed E-state index contributed by atoms with van der Waals surface area (Å²) in [5, 5.41) is 2.97. The highest BCUT2D eigenvalue weighted by Crippen LogP contribution is 2.43. The van der Waals surface area contributed by atoms with E-state index < -0.39 is 0 Å². The molecule has 0 amide bonds. The van der Waals surface area contributed by atoms with Gasteiger partial charge in [0, 0.05) is 28.2 Å².